The van der Waals surface area contributed by atoms with E-state index in [0.29, 0.717) is 18.7 Å². The van der Waals surface area contributed by atoms with E-state index < -0.39 is 0 Å². The Balaban J connectivity index is 1.90. The van der Waals surface area contributed by atoms with Crippen LogP contribution in [0, 0.1) is 0 Å². The molecule has 0 saturated carbocycles. The van der Waals surface area contributed by atoms with Crippen molar-refractivity contribution in [3.63, 3.8) is 0 Å². The molecule has 0 aromatic carbocycles. The zero-order valence-corrected chi connectivity index (χ0v) is 14.2. The first-order valence-corrected chi connectivity index (χ1v) is 8.04. The van der Waals surface area contributed by atoms with Crippen LogP contribution in [0.5, 0.6) is 0 Å². The zero-order valence-electron chi connectivity index (χ0n) is 14.2. The van der Waals surface area contributed by atoms with Crippen LogP contribution < -0.4 is 10.2 Å². The number of nitrogens with one attached hydrogen (secondary N) is 1. The largest absolute Gasteiger partial charge is 0.385 e. The maximum atomic E-state index is 12.2. The third-order valence-electron chi connectivity index (χ3n) is 3.69. The molecule has 0 fully saturated rings. The fourth-order valence-corrected chi connectivity index (χ4v) is 2.25. The summed E-state index contributed by atoms with van der Waals surface area (Å²) in [6.07, 6.45) is 6.95. The maximum absolute atomic E-state index is 12.2. The number of hydrogen-bond acceptors (Lipinski definition) is 5. The summed E-state index contributed by atoms with van der Waals surface area (Å²) in [5.41, 5.74) is 1.84. The molecule has 0 aliphatic rings. The Labute approximate surface area is 142 Å². The minimum absolute atomic E-state index is 0.0858. The number of methoxy groups -OCH3 is 1. The molecule has 2 heterocycles. The highest BCUT2D eigenvalue weighted by molar-refractivity contribution is 5.94. The fraction of sp³-hybridized carbons (Fsp3) is 0.389. The number of anilines is 1. The predicted molar refractivity (Wildman–Crippen MR) is 94.3 cm³/mol. The standard InChI is InChI=1S/C18H24N4O2/c1-22(12-7-15-4-9-19-10-5-15)17-14-16(6-11-20-17)18(23)21-8-3-13-24-2/h4-6,9-11,14H,3,7-8,12-13H2,1-2H3,(H,21,23). The summed E-state index contributed by atoms with van der Waals surface area (Å²) in [4.78, 5) is 22.6. The van der Waals surface area contributed by atoms with Crippen LogP contribution in [0.15, 0.2) is 42.9 Å². The van der Waals surface area contributed by atoms with Gasteiger partial charge in [0.2, 0.25) is 0 Å². The molecule has 0 radical (unpaired) electrons. The molecule has 6 heteroatoms. The summed E-state index contributed by atoms with van der Waals surface area (Å²) in [6.45, 7) is 2.05. The highest BCUT2D eigenvalue weighted by atomic mass is 16.5. The molecule has 0 spiro atoms. The van der Waals surface area contributed by atoms with Gasteiger partial charge in [0, 0.05) is 58.0 Å². The molecule has 2 aromatic rings. The predicted octanol–water partition coefficient (Wildman–Crippen LogP) is 1.92. The van der Waals surface area contributed by atoms with Gasteiger partial charge in [-0.05, 0) is 42.7 Å². The summed E-state index contributed by atoms with van der Waals surface area (Å²) in [5, 5.41) is 2.89. The summed E-state index contributed by atoms with van der Waals surface area (Å²) >= 11 is 0. The quantitative estimate of drug-likeness (QED) is 0.712. The van der Waals surface area contributed by atoms with E-state index in [-0.39, 0.29) is 5.91 Å². The van der Waals surface area contributed by atoms with Crippen molar-refractivity contribution in [3.05, 3.63) is 54.0 Å². The Morgan fingerprint density at radius 2 is 2.04 bits per heavy atom. The zero-order chi connectivity index (χ0) is 17.2. The Kier molecular flexibility index (Phi) is 7.17. The number of carbonyl (C=O) groups excluding carboxylic acids is 1. The number of nitrogens with zero attached hydrogens (tertiary/aromatic N) is 3. The van der Waals surface area contributed by atoms with E-state index in [1.54, 1.807) is 31.8 Å². The second-order valence-corrected chi connectivity index (χ2v) is 5.53. The second kappa shape index (κ2) is 9.62. The molecule has 0 atom stereocenters. The van der Waals surface area contributed by atoms with Crippen LogP contribution in [-0.2, 0) is 11.2 Å². The first-order chi connectivity index (χ1) is 11.7. The van der Waals surface area contributed by atoms with Crippen LogP contribution in [0.4, 0.5) is 5.82 Å². The van der Waals surface area contributed by atoms with E-state index in [1.165, 1.54) is 5.56 Å². The van der Waals surface area contributed by atoms with Gasteiger partial charge in [0.15, 0.2) is 0 Å². The number of pyridine rings is 2. The van der Waals surface area contributed by atoms with Gasteiger partial charge in [0.1, 0.15) is 5.82 Å². The van der Waals surface area contributed by atoms with Crippen molar-refractivity contribution in [1.29, 1.82) is 0 Å². The van der Waals surface area contributed by atoms with Gasteiger partial charge in [-0.3, -0.25) is 9.78 Å². The molecule has 0 aliphatic carbocycles. The average Bonchev–Trinajstić information content (AvgIpc) is 2.64. The van der Waals surface area contributed by atoms with Crippen molar-refractivity contribution in [2.75, 3.05) is 38.8 Å². The Hall–Kier alpha value is -2.47. The number of amides is 1. The molecule has 128 valence electrons. The summed E-state index contributed by atoms with van der Waals surface area (Å²) in [7, 11) is 3.63. The lowest BCUT2D eigenvalue weighted by atomic mass is 10.2. The Morgan fingerprint density at radius 3 is 2.79 bits per heavy atom. The van der Waals surface area contributed by atoms with Gasteiger partial charge in [-0.25, -0.2) is 4.98 Å². The first-order valence-electron chi connectivity index (χ1n) is 8.04. The molecule has 1 amide bonds. The highest BCUT2D eigenvalue weighted by Crippen LogP contribution is 2.12. The van der Waals surface area contributed by atoms with Crippen molar-refractivity contribution in [3.8, 4) is 0 Å². The van der Waals surface area contributed by atoms with Gasteiger partial charge < -0.3 is 15.0 Å². The van der Waals surface area contributed by atoms with Crippen LogP contribution in [0.2, 0.25) is 0 Å². The van der Waals surface area contributed by atoms with Crippen molar-refractivity contribution < 1.29 is 9.53 Å². The van der Waals surface area contributed by atoms with Gasteiger partial charge in [0.05, 0.1) is 0 Å². The number of ether oxygens (including phenoxy) is 1. The molecule has 0 bridgehead atoms. The third kappa shape index (κ3) is 5.62. The summed E-state index contributed by atoms with van der Waals surface area (Å²) < 4.78 is 4.97. The second-order valence-electron chi connectivity index (χ2n) is 5.53. The molecule has 0 unspecified atom stereocenters. The molecule has 2 aromatic heterocycles. The van der Waals surface area contributed by atoms with E-state index in [0.717, 1.165) is 25.2 Å². The third-order valence-corrected chi connectivity index (χ3v) is 3.69. The fourth-order valence-electron chi connectivity index (χ4n) is 2.25. The number of likely N-dealkylation sites (N-methyl/N-ethyl adjacent to an activating group) is 1. The van der Waals surface area contributed by atoms with Gasteiger partial charge in [-0.1, -0.05) is 0 Å². The van der Waals surface area contributed by atoms with Gasteiger partial charge >= 0.3 is 0 Å². The smallest absolute Gasteiger partial charge is 0.251 e. The SMILES string of the molecule is COCCCNC(=O)c1ccnc(N(C)CCc2ccncc2)c1. The van der Waals surface area contributed by atoms with Crippen molar-refractivity contribution in [2.24, 2.45) is 0 Å². The van der Waals surface area contributed by atoms with Crippen molar-refractivity contribution >= 4 is 11.7 Å². The minimum Gasteiger partial charge on any atom is -0.385 e. The number of aromatic nitrogens is 2. The maximum Gasteiger partial charge on any atom is 0.251 e. The Morgan fingerprint density at radius 1 is 1.25 bits per heavy atom. The van der Waals surface area contributed by atoms with E-state index in [9.17, 15) is 4.79 Å². The monoisotopic (exact) mass is 328 g/mol. The van der Waals surface area contributed by atoms with Crippen LogP contribution in [0.3, 0.4) is 0 Å². The number of hydrogen-bond donors (Lipinski definition) is 1. The van der Waals surface area contributed by atoms with E-state index in [1.807, 2.05) is 30.1 Å². The topological polar surface area (TPSA) is 67.3 Å². The Bertz CT molecular complexity index is 634. The molecule has 1 N–H and O–H groups in total. The van der Waals surface area contributed by atoms with Gasteiger partial charge in [-0.2, -0.15) is 0 Å². The van der Waals surface area contributed by atoms with Gasteiger partial charge in [0.25, 0.3) is 5.91 Å². The van der Waals surface area contributed by atoms with Gasteiger partial charge in [-0.15, -0.1) is 0 Å². The molecule has 2 rings (SSSR count). The van der Waals surface area contributed by atoms with Crippen LogP contribution in [-0.4, -0.2) is 49.7 Å². The summed E-state index contributed by atoms with van der Waals surface area (Å²) in [6, 6.07) is 7.56. The number of carbonyl (C=O) groups is 1. The van der Waals surface area contributed by atoms with Crippen LogP contribution in [0.1, 0.15) is 22.3 Å². The highest BCUT2D eigenvalue weighted by Gasteiger charge is 2.09. The van der Waals surface area contributed by atoms with Crippen LogP contribution >= 0.6 is 0 Å². The molecular weight excluding hydrogens is 304 g/mol. The van der Waals surface area contributed by atoms with E-state index in [2.05, 4.69) is 15.3 Å². The lowest BCUT2D eigenvalue weighted by Gasteiger charge is -2.18. The molecule has 6 nitrogen and oxygen atoms in total. The van der Waals surface area contributed by atoms with Crippen molar-refractivity contribution in [1.82, 2.24) is 15.3 Å². The molecular formula is C18H24N4O2. The molecule has 24 heavy (non-hydrogen) atoms. The van der Waals surface area contributed by atoms with Crippen molar-refractivity contribution in [2.45, 2.75) is 12.8 Å². The first kappa shape index (κ1) is 17.9. The molecule has 0 saturated heterocycles. The lowest BCUT2D eigenvalue weighted by molar-refractivity contribution is 0.0948. The normalized spacial score (nSPS) is 10.4. The van der Waals surface area contributed by atoms with E-state index >= 15 is 0 Å². The number of rotatable bonds is 9. The summed E-state index contributed by atoms with van der Waals surface area (Å²) in [5.74, 6) is 0.700. The lowest BCUT2D eigenvalue weighted by Crippen LogP contribution is -2.26. The van der Waals surface area contributed by atoms with E-state index in [4.69, 9.17) is 4.74 Å². The van der Waals surface area contributed by atoms with Crippen LogP contribution in [0.25, 0.3) is 0 Å². The minimum atomic E-state index is -0.0858. The molecule has 0 aliphatic heterocycles. The average molecular weight is 328 g/mol.